The molecule has 0 aliphatic rings. The molecule has 0 saturated heterocycles. The summed E-state index contributed by atoms with van der Waals surface area (Å²) < 4.78 is 27.4. The molecule has 0 heterocycles. The molecule has 0 atom stereocenters. The molecule has 0 unspecified atom stereocenters. The molecule has 0 bridgehead atoms. The third-order valence-corrected chi connectivity index (χ3v) is 7.39. The van der Waals surface area contributed by atoms with Crippen LogP contribution < -0.4 is 20.7 Å². The molecule has 0 aliphatic carbocycles. The van der Waals surface area contributed by atoms with Crippen molar-refractivity contribution in [3.05, 3.63) is 99.0 Å². The number of benzene rings is 3. The quantitative estimate of drug-likeness (QED) is 0.301. The number of amides is 3. The number of nitrogens with one attached hydrogen (secondary N) is 4. The lowest BCUT2D eigenvalue weighted by Crippen LogP contribution is -2.32. The zero-order valence-corrected chi connectivity index (χ0v) is 21.8. The second-order valence-electron chi connectivity index (χ2n) is 7.89. The first kappa shape index (κ1) is 27.3. The highest BCUT2D eigenvalue weighted by molar-refractivity contribution is 7.92. The van der Waals surface area contributed by atoms with Crippen LogP contribution in [0.15, 0.2) is 66.7 Å². The number of halogens is 2. The van der Waals surface area contributed by atoms with E-state index in [2.05, 4.69) is 20.7 Å². The van der Waals surface area contributed by atoms with Gasteiger partial charge in [-0.15, -0.1) is 0 Å². The van der Waals surface area contributed by atoms with Crippen LogP contribution in [0.3, 0.4) is 0 Å². The molecule has 0 aliphatic heterocycles. The molecule has 0 radical (unpaired) electrons. The van der Waals surface area contributed by atoms with Gasteiger partial charge in [-0.1, -0.05) is 59.6 Å². The van der Waals surface area contributed by atoms with Crippen molar-refractivity contribution in [3.63, 3.8) is 0 Å². The van der Waals surface area contributed by atoms with Gasteiger partial charge in [-0.05, 0) is 53.4 Å². The summed E-state index contributed by atoms with van der Waals surface area (Å²) in [6.45, 7) is 0.721. The van der Waals surface area contributed by atoms with E-state index in [-0.39, 0.29) is 24.1 Å². The second kappa shape index (κ2) is 12.6. The van der Waals surface area contributed by atoms with Crippen LogP contribution in [0.1, 0.15) is 27.0 Å². The predicted molar refractivity (Wildman–Crippen MR) is 143 cm³/mol. The van der Waals surface area contributed by atoms with Gasteiger partial charge < -0.3 is 16.0 Å². The zero-order chi connectivity index (χ0) is 26.1. The molecule has 0 fully saturated rings. The van der Waals surface area contributed by atoms with Gasteiger partial charge in [-0.3, -0.25) is 9.52 Å². The van der Waals surface area contributed by atoms with Crippen LogP contribution in [0.5, 0.6) is 0 Å². The largest absolute Gasteiger partial charge is 0.348 e. The van der Waals surface area contributed by atoms with Gasteiger partial charge in [0.1, 0.15) is 0 Å². The number of aryl methyl sites for hydroxylation is 1. The first-order valence-electron chi connectivity index (χ1n) is 11.0. The highest BCUT2D eigenvalue weighted by atomic mass is 35.5. The van der Waals surface area contributed by atoms with Gasteiger partial charge >= 0.3 is 6.03 Å². The summed E-state index contributed by atoms with van der Waals surface area (Å²) in [5.74, 6) is -0.457. The Morgan fingerprint density at radius 1 is 0.833 bits per heavy atom. The lowest BCUT2D eigenvalue weighted by Gasteiger charge is -2.10. The van der Waals surface area contributed by atoms with Crippen LogP contribution in [0.2, 0.25) is 10.0 Å². The Morgan fingerprint density at radius 2 is 1.44 bits per heavy atom. The van der Waals surface area contributed by atoms with Gasteiger partial charge in [0.15, 0.2) is 0 Å². The number of hydrogen-bond acceptors (Lipinski definition) is 4. The van der Waals surface area contributed by atoms with Crippen LogP contribution in [0.4, 0.5) is 10.5 Å². The molecule has 4 N–H and O–H groups in total. The second-order valence-corrected chi connectivity index (χ2v) is 10.5. The van der Waals surface area contributed by atoms with Gasteiger partial charge in [-0.2, -0.15) is 0 Å². The average Bonchev–Trinajstić information content (AvgIpc) is 2.87. The molecule has 3 aromatic rings. The molecule has 8 nitrogen and oxygen atoms in total. The molecule has 0 aromatic heterocycles. The molecule has 190 valence electrons. The lowest BCUT2D eigenvalue weighted by molar-refractivity contribution is 0.0951. The van der Waals surface area contributed by atoms with Crippen molar-refractivity contribution in [2.45, 2.75) is 19.5 Å². The Hall–Kier alpha value is -3.27. The predicted octanol–water partition coefficient (Wildman–Crippen LogP) is 4.34. The van der Waals surface area contributed by atoms with Gasteiger partial charge in [-0.25, -0.2) is 13.2 Å². The first-order valence-corrected chi connectivity index (χ1v) is 13.4. The number of hydrogen-bond donors (Lipinski definition) is 4. The standard InChI is InChI=1S/C25H26Cl2N4O4S/c1-28-25(33)30-16-18-7-5-17(6-8-18)15-29-24(32)20-9-11-21(12-10-20)31-36(34,35)14-13-19-3-2-4-22(26)23(19)27/h2-12,31H,13-16H2,1H3,(H,29,32)(H2,28,30,33). The minimum atomic E-state index is -3.63. The van der Waals surface area contributed by atoms with Crippen molar-refractivity contribution >= 4 is 50.9 Å². The Morgan fingerprint density at radius 3 is 2.06 bits per heavy atom. The van der Waals surface area contributed by atoms with Crippen LogP contribution in [0, 0.1) is 0 Å². The minimum absolute atomic E-state index is 0.171. The SMILES string of the molecule is CNC(=O)NCc1ccc(CNC(=O)c2ccc(NS(=O)(=O)CCc3cccc(Cl)c3Cl)cc2)cc1. The highest BCUT2D eigenvalue weighted by Gasteiger charge is 2.14. The van der Waals surface area contributed by atoms with E-state index in [1.807, 2.05) is 24.3 Å². The van der Waals surface area contributed by atoms with Crippen LogP contribution in [-0.4, -0.2) is 33.2 Å². The summed E-state index contributed by atoms with van der Waals surface area (Å²) in [4.78, 5) is 23.7. The van der Waals surface area contributed by atoms with Crippen molar-refractivity contribution in [1.29, 1.82) is 0 Å². The van der Waals surface area contributed by atoms with Gasteiger partial charge in [0.2, 0.25) is 10.0 Å². The van der Waals surface area contributed by atoms with Gasteiger partial charge in [0.25, 0.3) is 5.91 Å². The zero-order valence-electron chi connectivity index (χ0n) is 19.5. The Labute approximate surface area is 220 Å². The first-order chi connectivity index (χ1) is 17.2. The van der Waals surface area contributed by atoms with Crippen molar-refractivity contribution in [1.82, 2.24) is 16.0 Å². The van der Waals surface area contributed by atoms with E-state index in [0.717, 1.165) is 11.1 Å². The third kappa shape index (κ3) is 8.15. The maximum Gasteiger partial charge on any atom is 0.314 e. The van der Waals surface area contributed by atoms with E-state index in [4.69, 9.17) is 23.2 Å². The summed E-state index contributed by atoms with van der Waals surface area (Å²) in [7, 11) is -2.09. The smallest absolute Gasteiger partial charge is 0.314 e. The lowest BCUT2D eigenvalue weighted by atomic mass is 10.1. The Balaban J connectivity index is 1.49. The molecule has 3 aromatic carbocycles. The molecule has 3 rings (SSSR count). The number of rotatable bonds is 10. The van der Waals surface area contributed by atoms with Gasteiger partial charge in [0.05, 0.1) is 15.8 Å². The van der Waals surface area contributed by atoms with Crippen molar-refractivity contribution in [2.75, 3.05) is 17.5 Å². The summed E-state index contributed by atoms with van der Waals surface area (Å²) in [5.41, 5.74) is 3.23. The van der Waals surface area contributed by atoms with Crippen LogP contribution in [-0.2, 0) is 29.5 Å². The topological polar surface area (TPSA) is 116 Å². The Kier molecular flexibility index (Phi) is 9.58. The van der Waals surface area contributed by atoms with Crippen LogP contribution in [0.25, 0.3) is 0 Å². The molecule has 3 amide bonds. The summed E-state index contributed by atoms with van der Waals surface area (Å²) in [5, 5.41) is 8.74. The van der Waals surface area contributed by atoms with Crippen molar-refractivity contribution < 1.29 is 18.0 Å². The fraction of sp³-hybridized carbons (Fsp3) is 0.200. The molecular weight excluding hydrogens is 523 g/mol. The summed E-state index contributed by atoms with van der Waals surface area (Å²) >= 11 is 12.1. The maximum atomic E-state index is 12.5. The average molecular weight is 549 g/mol. The number of anilines is 1. The molecule has 0 spiro atoms. The number of urea groups is 1. The van der Waals surface area contributed by atoms with E-state index < -0.39 is 10.0 Å². The van der Waals surface area contributed by atoms with Crippen LogP contribution >= 0.6 is 23.2 Å². The summed E-state index contributed by atoms with van der Waals surface area (Å²) in [6, 6.07) is 18.5. The fourth-order valence-corrected chi connectivity index (χ4v) is 4.74. The van der Waals surface area contributed by atoms with E-state index in [9.17, 15) is 18.0 Å². The number of carbonyl (C=O) groups is 2. The number of sulfonamides is 1. The molecule has 11 heteroatoms. The third-order valence-electron chi connectivity index (χ3n) is 5.25. The molecule has 0 saturated carbocycles. The van der Waals surface area contributed by atoms with Gasteiger partial charge in [0, 0.05) is 31.4 Å². The maximum absolute atomic E-state index is 12.5. The Bertz CT molecular complexity index is 1310. The molecular formula is C25H26Cl2N4O4S. The van der Waals surface area contributed by atoms with Crippen molar-refractivity contribution in [2.24, 2.45) is 0 Å². The normalized spacial score (nSPS) is 11.0. The highest BCUT2D eigenvalue weighted by Crippen LogP contribution is 2.26. The molecule has 36 heavy (non-hydrogen) atoms. The van der Waals surface area contributed by atoms with E-state index >= 15 is 0 Å². The fourth-order valence-electron chi connectivity index (χ4n) is 3.24. The van der Waals surface area contributed by atoms with Crippen molar-refractivity contribution in [3.8, 4) is 0 Å². The van der Waals surface area contributed by atoms with E-state index in [1.54, 1.807) is 37.4 Å². The summed E-state index contributed by atoms with van der Waals surface area (Å²) in [6.07, 6.45) is 0.209. The van der Waals surface area contributed by atoms with E-state index in [1.165, 1.54) is 12.1 Å². The van der Waals surface area contributed by atoms with E-state index in [0.29, 0.717) is 39.9 Å². The number of carbonyl (C=O) groups excluding carboxylic acids is 2. The minimum Gasteiger partial charge on any atom is -0.348 e. The monoisotopic (exact) mass is 548 g/mol.